The summed E-state index contributed by atoms with van der Waals surface area (Å²) < 4.78 is 5.65. The fourth-order valence-corrected chi connectivity index (χ4v) is 1.80. The fourth-order valence-electron chi connectivity index (χ4n) is 1.80. The summed E-state index contributed by atoms with van der Waals surface area (Å²) in [5.74, 6) is 1.35. The standard InChI is InChI=1S/C12H14N2O2/c13-9(6-15)8-3-4-11-10(5-8)14-12(16-11)7-1-2-7/h3-5,7,9,15H,1-2,6,13H2. The van der Waals surface area contributed by atoms with Gasteiger partial charge < -0.3 is 15.3 Å². The molecule has 1 aliphatic rings. The normalized spacial score (nSPS) is 17.9. The van der Waals surface area contributed by atoms with Crippen LogP contribution in [-0.2, 0) is 0 Å². The topological polar surface area (TPSA) is 72.3 Å². The maximum absolute atomic E-state index is 8.99. The summed E-state index contributed by atoms with van der Waals surface area (Å²) in [5.41, 5.74) is 8.29. The quantitative estimate of drug-likeness (QED) is 0.822. The molecular formula is C12H14N2O2. The maximum Gasteiger partial charge on any atom is 0.198 e. The SMILES string of the molecule is NC(CO)c1ccc2oc(C3CC3)nc2c1. The molecule has 84 valence electrons. The Balaban J connectivity index is 2.02. The molecule has 0 radical (unpaired) electrons. The lowest BCUT2D eigenvalue weighted by Gasteiger charge is -2.06. The zero-order valence-electron chi connectivity index (χ0n) is 8.89. The van der Waals surface area contributed by atoms with E-state index in [1.807, 2.05) is 18.2 Å². The van der Waals surface area contributed by atoms with Gasteiger partial charge in [-0.1, -0.05) is 6.07 Å². The van der Waals surface area contributed by atoms with Crippen molar-refractivity contribution in [3.63, 3.8) is 0 Å². The molecule has 3 rings (SSSR count). The lowest BCUT2D eigenvalue weighted by Crippen LogP contribution is -2.14. The Bertz CT molecular complexity index is 517. The van der Waals surface area contributed by atoms with Gasteiger partial charge in [-0.2, -0.15) is 0 Å². The predicted octanol–water partition coefficient (Wildman–Crippen LogP) is 1.70. The van der Waals surface area contributed by atoms with Crippen molar-refractivity contribution in [2.45, 2.75) is 24.8 Å². The van der Waals surface area contributed by atoms with E-state index in [1.54, 1.807) is 0 Å². The number of nitrogens with two attached hydrogens (primary N) is 1. The third kappa shape index (κ3) is 1.60. The van der Waals surface area contributed by atoms with Crippen LogP contribution in [0.2, 0.25) is 0 Å². The highest BCUT2D eigenvalue weighted by molar-refractivity contribution is 5.73. The average Bonchev–Trinajstić information content (AvgIpc) is 3.07. The molecular weight excluding hydrogens is 204 g/mol. The molecule has 0 bridgehead atoms. The van der Waals surface area contributed by atoms with Gasteiger partial charge in [0.25, 0.3) is 0 Å². The van der Waals surface area contributed by atoms with Gasteiger partial charge in [0.15, 0.2) is 11.5 Å². The van der Waals surface area contributed by atoms with Crippen LogP contribution in [-0.4, -0.2) is 16.7 Å². The zero-order chi connectivity index (χ0) is 11.1. The van der Waals surface area contributed by atoms with Crippen molar-refractivity contribution >= 4 is 11.1 Å². The minimum Gasteiger partial charge on any atom is -0.440 e. The third-order valence-corrected chi connectivity index (χ3v) is 2.98. The highest BCUT2D eigenvalue weighted by Gasteiger charge is 2.28. The van der Waals surface area contributed by atoms with Crippen molar-refractivity contribution < 1.29 is 9.52 Å². The summed E-state index contributed by atoms with van der Waals surface area (Å²) in [7, 11) is 0. The Morgan fingerprint density at radius 2 is 2.31 bits per heavy atom. The van der Waals surface area contributed by atoms with Gasteiger partial charge in [0, 0.05) is 5.92 Å². The number of benzene rings is 1. The van der Waals surface area contributed by atoms with Crippen molar-refractivity contribution in [2.75, 3.05) is 6.61 Å². The van der Waals surface area contributed by atoms with E-state index in [9.17, 15) is 0 Å². The van der Waals surface area contributed by atoms with Crippen molar-refractivity contribution in [2.24, 2.45) is 5.73 Å². The molecule has 0 amide bonds. The second kappa shape index (κ2) is 3.57. The van der Waals surface area contributed by atoms with Gasteiger partial charge in [-0.15, -0.1) is 0 Å². The Kier molecular flexibility index (Phi) is 2.19. The summed E-state index contributed by atoms with van der Waals surface area (Å²) >= 11 is 0. The van der Waals surface area contributed by atoms with Gasteiger partial charge in [-0.3, -0.25) is 0 Å². The van der Waals surface area contributed by atoms with Crippen LogP contribution in [0.4, 0.5) is 0 Å². The molecule has 1 aliphatic carbocycles. The van der Waals surface area contributed by atoms with Gasteiger partial charge >= 0.3 is 0 Å². The first-order valence-corrected chi connectivity index (χ1v) is 5.55. The predicted molar refractivity (Wildman–Crippen MR) is 60.0 cm³/mol. The molecule has 0 spiro atoms. The molecule has 16 heavy (non-hydrogen) atoms. The van der Waals surface area contributed by atoms with E-state index < -0.39 is 0 Å². The van der Waals surface area contributed by atoms with Crippen LogP contribution in [0, 0.1) is 0 Å². The maximum atomic E-state index is 8.99. The minimum atomic E-state index is -0.342. The van der Waals surface area contributed by atoms with E-state index in [4.69, 9.17) is 15.3 Å². The third-order valence-electron chi connectivity index (χ3n) is 2.98. The van der Waals surface area contributed by atoms with Crippen LogP contribution < -0.4 is 5.73 Å². The van der Waals surface area contributed by atoms with Crippen molar-refractivity contribution in [1.29, 1.82) is 0 Å². The lowest BCUT2D eigenvalue weighted by molar-refractivity contribution is 0.268. The number of fused-ring (bicyclic) bond motifs is 1. The first kappa shape index (κ1) is 9.81. The first-order valence-electron chi connectivity index (χ1n) is 5.55. The molecule has 1 aromatic heterocycles. The monoisotopic (exact) mass is 218 g/mol. The molecule has 3 N–H and O–H groups in total. The number of oxazole rings is 1. The number of aliphatic hydroxyl groups excluding tert-OH is 1. The first-order chi connectivity index (χ1) is 7.78. The Morgan fingerprint density at radius 3 is 3.00 bits per heavy atom. The molecule has 4 nitrogen and oxygen atoms in total. The van der Waals surface area contributed by atoms with Crippen LogP contribution >= 0.6 is 0 Å². The largest absolute Gasteiger partial charge is 0.440 e. The molecule has 1 unspecified atom stereocenters. The van der Waals surface area contributed by atoms with Crippen LogP contribution in [0.15, 0.2) is 22.6 Å². The smallest absolute Gasteiger partial charge is 0.198 e. The molecule has 1 saturated carbocycles. The second-order valence-corrected chi connectivity index (χ2v) is 4.34. The molecule has 1 atom stereocenters. The lowest BCUT2D eigenvalue weighted by atomic mass is 10.1. The van der Waals surface area contributed by atoms with Crippen LogP contribution in [0.5, 0.6) is 0 Å². The molecule has 4 heteroatoms. The number of nitrogens with zero attached hydrogens (tertiary/aromatic N) is 1. The summed E-state index contributed by atoms with van der Waals surface area (Å²) in [6.45, 7) is -0.0567. The van der Waals surface area contributed by atoms with Gasteiger partial charge in [0.05, 0.1) is 12.6 Å². The molecule has 1 fully saturated rings. The highest BCUT2D eigenvalue weighted by atomic mass is 16.3. The Morgan fingerprint density at radius 1 is 1.50 bits per heavy atom. The molecule has 0 saturated heterocycles. The van der Waals surface area contributed by atoms with Gasteiger partial charge in [-0.05, 0) is 30.5 Å². The molecule has 0 aliphatic heterocycles. The second-order valence-electron chi connectivity index (χ2n) is 4.34. The summed E-state index contributed by atoms with van der Waals surface area (Å²) in [6.07, 6.45) is 2.35. The van der Waals surface area contributed by atoms with E-state index in [0.717, 1.165) is 22.6 Å². The number of aromatic nitrogens is 1. The van der Waals surface area contributed by atoms with Crippen LogP contribution in [0.25, 0.3) is 11.1 Å². The Labute approximate surface area is 93.1 Å². The van der Waals surface area contributed by atoms with E-state index in [2.05, 4.69) is 4.98 Å². The minimum absolute atomic E-state index is 0.0567. The Hall–Kier alpha value is -1.39. The van der Waals surface area contributed by atoms with Crippen molar-refractivity contribution in [3.8, 4) is 0 Å². The number of hydrogen-bond donors (Lipinski definition) is 2. The van der Waals surface area contributed by atoms with Gasteiger partial charge in [0.2, 0.25) is 0 Å². The average molecular weight is 218 g/mol. The summed E-state index contributed by atoms with van der Waals surface area (Å²) in [5, 5.41) is 8.99. The van der Waals surface area contributed by atoms with Crippen molar-refractivity contribution in [1.82, 2.24) is 4.98 Å². The van der Waals surface area contributed by atoms with Crippen LogP contribution in [0.1, 0.15) is 36.3 Å². The number of aliphatic hydroxyl groups is 1. The van der Waals surface area contributed by atoms with Gasteiger partial charge in [-0.25, -0.2) is 4.98 Å². The molecule has 2 aromatic rings. The molecule has 1 aromatic carbocycles. The van der Waals surface area contributed by atoms with E-state index in [-0.39, 0.29) is 12.6 Å². The molecule has 1 heterocycles. The van der Waals surface area contributed by atoms with E-state index in [0.29, 0.717) is 5.92 Å². The highest BCUT2D eigenvalue weighted by Crippen LogP contribution is 2.40. The van der Waals surface area contributed by atoms with Crippen LogP contribution in [0.3, 0.4) is 0 Å². The van der Waals surface area contributed by atoms with Gasteiger partial charge in [0.1, 0.15) is 5.52 Å². The fraction of sp³-hybridized carbons (Fsp3) is 0.417. The summed E-state index contributed by atoms with van der Waals surface area (Å²) in [4.78, 5) is 4.45. The van der Waals surface area contributed by atoms with Crippen molar-refractivity contribution in [3.05, 3.63) is 29.7 Å². The zero-order valence-corrected chi connectivity index (χ0v) is 8.89. The van der Waals surface area contributed by atoms with E-state index in [1.165, 1.54) is 12.8 Å². The number of rotatable bonds is 3. The van der Waals surface area contributed by atoms with E-state index >= 15 is 0 Å². The number of hydrogen-bond acceptors (Lipinski definition) is 4. The summed E-state index contributed by atoms with van der Waals surface area (Å²) in [6, 6.07) is 5.31.